The number of sulfone groups is 1. The van der Waals surface area contributed by atoms with Crippen molar-refractivity contribution >= 4 is 53.5 Å². The summed E-state index contributed by atoms with van der Waals surface area (Å²) in [5.74, 6) is 1.13. The Kier molecular flexibility index (Phi) is 11.8. The van der Waals surface area contributed by atoms with Crippen molar-refractivity contribution in [3.63, 3.8) is 0 Å². The minimum absolute atomic E-state index is 0.0965. The van der Waals surface area contributed by atoms with Gasteiger partial charge in [0.15, 0.2) is 15.6 Å². The lowest BCUT2D eigenvalue weighted by molar-refractivity contribution is -0.133. The zero-order chi connectivity index (χ0) is 32.5. The van der Waals surface area contributed by atoms with Gasteiger partial charge in [0.1, 0.15) is 17.2 Å². The van der Waals surface area contributed by atoms with Crippen LogP contribution in [0.4, 0.5) is 4.79 Å². The first-order valence-electron chi connectivity index (χ1n) is 13.5. The summed E-state index contributed by atoms with van der Waals surface area (Å²) in [6.07, 6.45) is 0.954. The third-order valence-corrected chi connectivity index (χ3v) is 10.6. The van der Waals surface area contributed by atoms with Gasteiger partial charge in [-0.3, -0.25) is 4.79 Å². The summed E-state index contributed by atoms with van der Waals surface area (Å²) in [6, 6.07) is 18.5. The average molecular weight is 658 g/mol. The van der Waals surface area contributed by atoms with Gasteiger partial charge in [0.2, 0.25) is 0 Å². The fourth-order valence-corrected chi connectivity index (χ4v) is 5.72. The third-order valence-electron chi connectivity index (χ3n) is 6.08. The third kappa shape index (κ3) is 10.6. The van der Waals surface area contributed by atoms with Crippen LogP contribution < -0.4 is 18.6 Å². The van der Waals surface area contributed by atoms with E-state index >= 15 is 0 Å². The lowest BCUT2D eigenvalue weighted by Crippen LogP contribution is -2.37. The Morgan fingerprint density at radius 1 is 0.909 bits per heavy atom. The molecule has 0 aliphatic carbocycles. The van der Waals surface area contributed by atoms with Gasteiger partial charge in [0.25, 0.3) is 8.32 Å². The molecule has 0 N–H and O–H groups in total. The van der Waals surface area contributed by atoms with Crippen LogP contribution in [0.15, 0.2) is 77.5 Å². The lowest BCUT2D eigenvalue weighted by atomic mass is 10.1. The molecule has 0 spiro atoms. The molecule has 0 aliphatic rings. The number of carbonyl (C=O) groups is 2. The van der Waals surface area contributed by atoms with Crippen LogP contribution in [0.25, 0.3) is 11.6 Å². The van der Waals surface area contributed by atoms with E-state index in [4.69, 9.17) is 30.2 Å². The summed E-state index contributed by atoms with van der Waals surface area (Å²) in [5, 5.41) is 2.24. The van der Waals surface area contributed by atoms with Gasteiger partial charge in [-0.2, -0.15) is 0 Å². The van der Waals surface area contributed by atoms with Crippen LogP contribution in [0.5, 0.6) is 23.0 Å². The van der Waals surface area contributed by atoms with Crippen LogP contribution in [0.2, 0.25) is 13.1 Å². The highest BCUT2D eigenvalue weighted by atomic mass is 35.5. The number of alkyl halides is 1. The molecule has 0 atom stereocenters. The monoisotopic (exact) mass is 657 g/mol. The van der Waals surface area contributed by atoms with E-state index in [1.54, 1.807) is 94.9 Å². The van der Waals surface area contributed by atoms with Gasteiger partial charge in [-0.25, -0.2) is 13.2 Å². The Hall–Kier alpha value is -4.06. The Morgan fingerprint density at radius 3 is 2.14 bits per heavy atom. The molecular weight excluding hydrogens is 622 g/mol. The van der Waals surface area contributed by atoms with E-state index in [0.29, 0.717) is 39.5 Å². The topological polar surface area (TPSA) is 108 Å². The summed E-state index contributed by atoms with van der Waals surface area (Å²) in [5.41, 5.74) is 2.76. The molecular formula is C32H36ClNO8SSi. The van der Waals surface area contributed by atoms with E-state index in [-0.39, 0.29) is 12.2 Å². The second kappa shape index (κ2) is 15.1. The van der Waals surface area contributed by atoms with E-state index in [2.05, 4.69) is 0 Å². The number of hydrogen-bond acceptors (Lipinski definition) is 8. The molecule has 1 amide bonds. The van der Waals surface area contributed by atoms with Crippen molar-refractivity contribution in [2.45, 2.75) is 26.4 Å². The molecule has 0 aliphatic heterocycles. The van der Waals surface area contributed by atoms with Gasteiger partial charge in [-0.05, 0) is 84.8 Å². The van der Waals surface area contributed by atoms with Crippen molar-refractivity contribution in [1.29, 1.82) is 0 Å². The van der Waals surface area contributed by atoms with Gasteiger partial charge in [-0.15, -0.1) is 11.6 Å². The van der Waals surface area contributed by atoms with Crippen molar-refractivity contribution in [3.05, 3.63) is 94.2 Å². The molecule has 0 saturated carbocycles. The van der Waals surface area contributed by atoms with Gasteiger partial charge < -0.3 is 23.5 Å². The molecule has 9 nitrogen and oxygen atoms in total. The molecule has 0 unspecified atom stereocenters. The molecule has 0 fully saturated rings. The maximum atomic E-state index is 12.9. The summed E-state index contributed by atoms with van der Waals surface area (Å²) in [7, 11) is -1.40. The number of ether oxygens (including phenoxy) is 3. The number of allylic oxidation sites excluding steroid dienone is 1. The predicted molar refractivity (Wildman–Crippen MR) is 175 cm³/mol. The van der Waals surface area contributed by atoms with E-state index in [1.165, 1.54) is 11.0 Å². The molecule has 44 heavy (non-hydrogen) atoms. The minimum Gasteiger partial charge on any atom is -0.540 e. The zero-order valence-corrected chi connectivity index (χ0v) is 28.1. The largest absolute Gasteiger partial charge is 0.540 e. The van der Waals surface area contributed by atoms with Crippen LogP contribution in [-0.2, 0) is 21.1 Å². The second-order valence-corrected chi connectivity index (χ2v) is 17.2. The molecule has 0 saturated heterocycles. The normalized spacial score (nSPS) is 12.1. The molecule has 234 valence electrons. The number of esters is 1. The highest BCUT2D eigenvalue weighted by Gasteiger charge is 2.25. The number of rotatable bonds is 12. The fourth-order valence-electron chi connectivity index (χ4n) is 3.69. The number of methoxy groups -OCH3 is 1. The quantitative estimate of drug-likeness (QED) is 0.0915. The molecule has 12 heteroatoms. The molecule has 0 heterocycles. The van der Waals surface area contributed by atoms with Crippen molar-refractivity contribution in [2.75, 3.05) is 26.7 Å². The summed E-state index contributed by atoms with van der Waals surface area (Å²) in [6.45, 7) is 5.50. The fraction of sp³-hybridized carbons (Fsp3) is 0.250. The summed E-state index contributed by atoms with van der Waals surface area (Å²) in [4.78, 5) is 25.7. The minimum atomic E-state index is -3.77. The average Bonchev–Trinajstić information content (AvgIpc) is 2.97. The second-order valence-electron chi connectivity index (χ2n) is 10.7. The van der Waals surface area contributed by atoms with Gasteiger partial charge >= 0.3 is 12.1 Å². The van der Waals surface area contributed by atoms with Crippen molar-refractivity contribution in [3.8, 4) is 23.0 Å². The van der Waals surface area contributed by atoms with Gasteiger partial charge in [0, 0.05) is 24.9 Å². The summed E-state index contributed by atoms with van der Waals surface area (Å²) < 4.78 is 47.9. The van der Waals surface area contributed by atoms with Gasteiger partial charge in [-0.1, -0.05) is 30.3 Å². The van der Waals surface area contributed by atoms with Crippen LogP contribution in [0, 0.1) is 0 Å². The van der Waals surface area contributed by atoms with Crippen molar-refractivity contribution in [1.82, 2.24) is 4.90 Å². The Balaban J connectivity index is 1.71. The molecule has 3 rings (SSSR count). The highest BCUT2D eigenvalue weighted by molar-refractivity contribution is 7.97. The van der Waals surface area contributed by atoms with Crippen LogP contribution in [0.3, 0.4) is 0 Å². The van der Waals surface area contributed by atoms with E-state index in [1.807, 2.05) is 13.1 Å². The zero-order valence-electron chi connectivity index (χ0n) is 25.5. The number of amides is 1. The number of halogens is 1. The molecule has 3 aromatic rings. The maximum Gasteiger partial charge on any atom is 0.414 e. The first-order valence-corrected chi connectivity index (χ1v) is 18.8. The number of carbonyl (C=O) groups excluding carboxylic acids is 2. The Morgan fingerprint density at radius 2 is 1.55 bits per heavy atom. The van der Waals surface area contributed by atoms with E-state index in [0.717, 1.165) is 16.4 Å². The smallest absolute Gasteiger partial charge is 0.414 e. The number of hydrogen-bond donors (Lipinski definition) is 0. The molecule has 3 aromatic carbocycles. The summed E-state index contributed by atoms with van der Waals surface area (Å²) >= 11 is 6.08. The highest BCUT2D eigenvalue weighted by Crippen LogP contribution is 2.32. The standard InChI is InChI=1S/C32H36ClNO8SSi/c1-23(26-10-14-28(15-11-26)40-31(35)20-24-7-12-27(39-4)13-8-24)21-43(37,38)18-17-25-9-16-29(41-32(36)34(2)3)30(19-25)42-44(5,6)22-33/h7-19,21H,20,22H2,1-6H3/b18-17+,23-21+. The Labute approximate surface area is 264 Å². The molecule has 0 radical (unpaired) electrons. The first-order chi connectivity index (χ1) is 20.7. The van der Waals surface area contributed by atoms with E-state index < -0.39 is 30.2 Å². The molecule has 0 bridgehead atoms. The van der Waals surface area contributed by atoms with Crippen LogP contribution in [-0.4, -0.2) is 60.4 Å². The van der Waals surface area contributed by atoms with Crippen LogP contribution in [0.1, 0.15) is 23.6 Å². The SMILES string of the molecule is COc1ccc(CC(=O)Oc2ccc(/C(C)=C/S(=O)(=O)/C=C/c3ccc(OC(=O)N(C)C)c(O[Si](C)(C)CCl)c3)cc2)cc1. The van der Waals surface area contributed by atoms with E-state index in [9.17, 15) is 18.0 Å². The maximum absolute atomic E-state index is 12.9. The van der Waals surface area contributed by atoms with Crippen molar-refractivity contribution in [2.24, 2.45) is 0 Å². The number of nitrogens with zero attached hydrogens (tertiary/aromatic N) is 1. The predicted octanol–water partition coefficient (Wildman–Crippen LogP) is 6.71. The Bertz CT molecular complexity index is 1630. The van der Waals surface area contributed by atoms with Crippen molar-refractivity contribution < 1.29 is 36.6 Å². The van der Waals surface area contributed by atoms with Gasteiger partial charge in [0.05, 0.1) is 19.0 Å². The van der Waals surface area contributed by atoms with Crippen LogP contribution >= 0.6 is 11.6 Å². The number of benzene rings is 3. The molecule has 0 aromatic heterocycles. The lowest BCUT2D eigenvalue weighted by Gasteiger charge is -2.23. The first kappa shape index (κ1) is 34.4.